The van der Waals surface area contributed by atoms with Crippen LogP contribution < -0.4 is 0 Å². The molecule has 1 aliphatic rings. The molecule has 0 saturated carbocycles. The van der Waals surface area contributed by atoms with Gasteiger partial charge in [-0.2, -0.15) is 0 Å². The molecular formula is C14H22N4O. The summed E-state index contributed by atoms with van der Waals surface area (Å²) in [7, 11) is 1.96. The van der Waals surface area contributed by atoms with Gasteiger partial charge >= 0.3 is 0 Å². The zero-order valence-electron chi connectivity index (χ0n) is 12.0. The second-order valence-electron chi connectivity index (χ2n) is 5.19. The van der Waals surface area contributed by atoms with E-state index < -0.39 is 0 Å². The van der Waals surface area contributed by atoms with Crippen molar-refractivity contribution < 1.29 is 4.79 Å². The Morgan fingerprint density at radius 3 is 3.00 bits per heavy atom. The molecule has 0 radical (unpaired) electrons. The maximum Gasteiger partial charge on any atom is 0.249 e. The van der Waals surface area contributed by atoms with E-state index in [0.717, 1.165) is 43.7 Å². The molecule has 104 valence electrons. The highest BCUT2D eigenvalue weighted by molar-refractivity contribution is 5.92. The van der Waals surface area contributed by atoms with Gasteiger partial charge in [-0.25, -0.2) is 0 Å². The summed E-state index contributed by atoms with van der Waals surface area (Å²) in [5, 5.41) is 8.10. The van der Waals surface area contributed by atoms with Gasteiger partial charge in [0.05, 0.1) is 0 Å². The number of likely N-dealkylation sites (tertiary alicyclic amines) is 1. The molecule has 5 heteroatoms. The number of allylic oxidation sites excluding steroid dienone is 1. The van der Waals surface area contributed by atoms with Crippen LogP contribution in [0.4, 0.5) is 0 Å². The summed E-state index contributed by atoms with van der Waals surface area (Å²) < 4.78 is 1.95. The summed E-state index contributed by atoms with van der Waals surface area (Å²) in [5.41, 5.74) is 0.848. The summed E-state index contributed by atoms with van der Waals surface area (Å²) in [5.74, 6) is 1.45. The summed E-state index contributed by atoms with van der Waals surface area (Å²) in [4.78, 5) is 14.3. The van der Waals surface area contributed by atoms with E-state index in [1.165, 1.54) is 0 Å². The fourth-order valence-corrected chi connectivity index (χ4v) is 2.68. The first-order chi connectivity index (χ1) is 9.13. The molecule has 1 aromatic rings. The van der Waals surface area contributed by atoms with Crippen LogP contribution in [0.2, 0.25) is 0 Å². The fourth-order valence-electron chi connectivity index (χ4n) is 2.68. The number of aromatic nitrogens is 3. The van der Waals surface area contributed by atoms with Crippen LogP contribution in [0.1, 0.15) is 44.9 Å². The van der Waals surface area contributed by atoms with E-state index in [2.05, 4.69) is 17.1 Å². The lowest BCUT2D eigenvalue weighted by Crippen LogP contribution is -2.40. The van der Waals surface area contributed by atoms with Gasteiger partial charge in [-0.3, -0.25) is 4.79 Å². The molecule has 1 atom stereocenters. The second kappa shape index (κ2) is 5.99. The van der Waals surface area contributed by atoms with Gasteiger partial charge < -0.3 is 9.47 Å². The third-order valence-electron chi connectivity index (χ3n) is 3.67. The molecule has 0 bridgehead atoms. The summed E-state index contributed by atoms with van der Waals surface area (Å²) in [6.07, 6.45) is 6.72. The van der Waals surface area contributed by atoms with Gasteiger partial charge in [0.25, 0.3) is 0 Å². The van der Waals surface area contributed by atoms with E-state index in [9.17, 15) is 4.79 Å². The highest BCUT2D eigenvalue weighted by atomic mass is 16.2. The van der Waals surface area contributed by atoms with Crippen molar-refractivity contribution in [3.63, 3.8) is 0 Å². The van der Waals surface area contributed by atoms with E-state index in [1.54, 1.807) is 6.33 Å². The first-order valence-electron chi connectivity index (χ1n) is 6.93. The molecule has 1 aliphatic heterocycles. The van der Waals surface area contributed by atoms with Crippen LogP contribution in [-0.4, -0.2) is 38.7 Å². The van der Waals surface area contributed by atoms with E-state index >= 15 is 0 Å². The smallest absolute Gasteiger partial charge is 0.249 e. The maximum absolute atomic E-state index is 12.3. The van der Waals surface area contributed by atoms with Crippen molar-refractivity contribution in [3.8, 4) is 0 Å². The highest BCUT2D eigenvalue weighted by Crippen LogP contribution is 2.25. The Bertz CT molecular complexity index is 478. The predicted octanol–water partition coefficient (Wildman–Crippen LogP) is 1.88. The average molecular weight is 262 g/mol. The molecular weight excluding hydrogens is 240 g/mol. The second-order valence-corrected chi connectivity index (χ2v) is 5.19. The van der Waals surface area contributed by atoms with Gasteiger partial charge in [-0.1, -0.05) is 13.0 Å². The topological polar surface area (TPSA) is 51.0 Å². The van der Waals surface area contributed by atoms with Crippen molar-refractivity contribution in [3.05, 3.63) is 23.8 Å². The monoisotopic (exact) mass is 262 g/mol. The molecule has 1 amide bonds. The van der Waals surface area contributed by atoms with Gasteiger partial charge in [0.1, 0.15) is 12.2 Å². The van der Waals surface area contributed by atoms with Crippen LogP contribution in [0, 0.1) is 0 Å². The number of hydrogen-bond donors (Lipinski definition) is 0. The van der Waals surface area contributed by atoms with Crippen LogP contribution in [0.25, 0.3) is 0 Å². The van der Waals surface area contributed by atoms with Crippen molar-refractivity contribution in [2.45, 2.75) is 39.0 Å². The molecule has 2 heterocycles. The van der Waals surface area contributed by atoms with Gasteiger partial charge in [0, 0.05) is 31.6 Å². The Morgan fingerprint density at radius 2 is 2.37 bits per heavy atom. The van der Waals surface area contributed by atoms with Crippen molar-refractivity contribution >= 4 is 5.91 Å². The van der Waals surface area contributed by atoms with Gasteiger partial charge in [0.2, 0.25) is 5.91 Å². The molecule has 1 unspecified atom stereocenters. The van der Waals surface area contributed by atoms with Crippen LogP contribution in [0.3, 0.4) is 0 Å². The number of piperidine rings is 1. The van der Waals surface area contributed by atoms with E-state index in [0.29, 0.717) is 5.92 Å². The summed E-state index contributed by atoms with van der Waals surface area (Å²) >= 11 is 0. The van der Waals surface area contributed by atoms with Gasteiger partial charge in [0.15, 0.2) is 0 Å². The molecule has 0 spiro atoms. The van der Waals surface area contributed by atoms with Crippen LogP contribution in [-0.2, 0) is 11.8 Å². The largest absolute Gasteiger partial charge is 0.338 e. The van der Waals surface area contributed by atoms with E-state index in [4.69, 9.17) is 0 Å². The molecule has 1 fully saturated rings. The molecule has 2 rings (SSSR count). The number of carbonyl (C=O) groups is 1. The quantitative estimate of drug-likeness (QED) is 0.781. The Morgan fingerprint density at radius 1 is 1.58 bits per heavy atom. The molecule has 5 nitrogen and oxygen atoms in total. The number of aryl methyl sites for hydroxylation is 1. The lowest BCUT2D eigenvalue weighted by molar-refractivity contribution is -0.128. The number of amides is 1. The SMILES string of the molecule is CC/C=C(\C)C(=O)N1CCCC(c2nncn2C)C1. The van der Waals surface area contributed by atoms with Crippen molar-refractivity contribution in [1.82, 2.24) is 19.7 Å². The third-order valence-corrected chi connectivity index (χ3v) is 3.67. The van der Waals surface area contributed by atoms with Crippen molar-refractivity contribution in [2.24, 2.45) is 7.05 Å². The van der Waals surface area contributed by atoms with Crippen LogP contribution in [0.15, 0.2) is 18.0 Å². The lowest BCUT2D eigenvalue weighted by Gasteiger charge is -2.32. The zero-order valence-corrected chi connectivity index (χ0v) is 12.0. The molecule has 0 N–H and O–H groups in total. The normalized spacial score (nSPS) is 20.7. The number of carbonyl (C=O) groups excluding carboxylic acids is 1. The van der Waals surface area contributed by atoms with E-state index in [-0.39, 0.29) is 5.91 Å². The predicted molar refractivity (Wildman–Crippen MR) is 73.6 cm³/mol. The van der Waals surface area contributed by atoms with Crippen LogP contribution >= 0.6 is 0 Å². The average Bonchev–Trinajstić information content (AvgIpc) is 2.84. The van der Waals surface area contributed by atoms with Gasteiger partial charge in [-0.05, 0) is 26.2 Å². The Hall–Kier alpha value is -1.65. The standard InChI is InChI=1S/C14H22N4O/c1-4-6-11(2)14(19)18-8-5-7-12(9-18)13-16-15-10-17(13)3/h6,10,12H,4-5,7-9H2,1-3H3/b11-6+. The van der Waals surface area contributed by atoms with Crippen LogP contribution in [0.5, 0.6) is 0 Å². The fraction of sp³-hybridized carbons (Fsp3) is 0.643. The highest BCUT2D eigenvalue weighted by Gasteiger charge is 2.27. The minimum absolute atomic E-state index is 0.161. The molecule has 1 saturated heterocycles. The third kappa shape index (κ3) is 3.03. The zero-order chi connectivity index (χ0) is 13.8. The summed E-state index contributed by atoms with van der Waals surface area (Å²) in [6, 6.07) is 0. The first kappa shape index (κ1) is 13.8. The Kier molecular flexibility index (Phi) is 4.35. The van der Waals surface area contributed by atoms with Crippen molar-refractivity contribution in [1.29, 1.82) is 0 Å². The van der Waals surface area contributed by atoms with Gasteiger partial charge in [-0.15, -0.1) is 10.2 Å². The van der Waals surface area contributed by atoms with Crippen molar-refractivity contribution in [2.75, 3.05) is 13.1 Å². The number of rotatable bonds is 3. The number of nitrogens with zero attached hydrogens (tertiary/aromatic N) is 4. The molecule has 19 heavy (non-hydrogen) atoms. The summed E-state index contributed by atoms with van der Waals surface area (Å²) in [6.45, 7) is 5.55. The Balaban J connectivity index is 2.07. The van der Waals surface area contributed by atoms with E-state index in [1.807, 2.05) is 29.5 Å². The molecule has 0 aromatic carbocycles. The maximum atomic E-state index is 12.3. The minimum atomic E-state index is 0.161. The lowest BCUT2D eigenvalue weighted by atomic mass is 9.96. The molecule has 0 aliphatic carbocycles. The molecule has 1 aromatic heterocycles. The Labute approximate surface area is 114 Å². The minimum Gasteiger partial charge on any atom is -0.338 e. The number of hydrogen-bond acceptors (Lipinski definition) is 3. The first-order valence-corrected chi connectivity index (χ1v) is 6.93.